The van der Waals surface area contributed by atoms with Crippen molar-refractivity contribution in [2.75, 3.05) is 5.75 Å². The van der Waals surface area contributed by atoms with Gasteiger partial charge in [-0.1, -0.05) is 26.0 Å². The topological polar surface area (TPSA) is 41.5 Å². The first kappa shape index (κ1) is 15.7. The fraction of sp³-hybridized carbons (Fsp3) is 0.429. The molecule has 1 aromatic carbocycles. The smallest absolute Gasteiger partial charge is 0.250 e. The van der Waals surface area contributed by atoms with Crippen LogP contribution in [0, 0.1) is 11.7 Å². The molecule has 5 heteroatoms. The number of halogens is 1. The van der Waals surface area contributed by atoms with E-state index in [1.54, 1.807) is 24.4 Å². The zero-order valence-corrected chi connectivity index (χ0v) is 12.0. The number of carbonyl (C=O) groups is 1. The number of carbonyl (C=O) groups excluding carboxylic acids is 1. The number of amides is 1. The third-order valence-electron chi connectivity index (χ3n) is 2.72. The van der Waals surface area contributed by atoms with Gasteiger partial charge in [-0.15, -0.1) is 11.8 Å². The van der Waals surface area contributed by atoms with Crippen molar-refractivity contribution in [2.24, 2.45) is 11.0 Å². The molecule has 1 N–H and O–H groups in total. The van der Waals surface area contributed by atoms with Crippen LogP contribution in [0.4, 0.5) is 4.39 Å². The molecule has 0 saturated heterocycles. The van der Waals surface area contributed by atoms with Crippen LogP contribution in [0.5, 0.6) is 0 Å². The molecule has 104 valence electrons. The van der Waals surface area contributed by atoms with Crippen LogP contribution in [-0.2, 0) is 4.79 Å². The predicted octanol–water partition coefficient (Wildman–Crippen LogP) is 3.46. The van der Waals surface area contributed by atoms with E-state index in [0.717, 1.165) is 24.6 Å². The number of rotatable bonds is 7. The molecule has 0 bridgehead atoms. The lowest BCUT2D eigenvalue weighted by Crippen LogP contribution is -2.20. The highest BCUT2D eigenvalue weighted by Crippen LogP contribution is 2.20. The summed E-state index contributed by atoms with van der Waals surface area (Å²) in [7, 11) is 0. The minimum Gasteiger partial charge on any atom is -0.272 e. The number of hydrogen-bond donors (Lipinski definition) is 1. The van der Waals surface area contributed by atoms with Gasteiger partial charge in [-0.2, -0.15) is 5.10 Å². The van der Waals surface area contributed by atoms with Crippen LogP contribution in [0.15, 0.2) is 34.3 Å². The van der Waals surface area contributed by atoms with Crippen molar-refractivity contribution in [3.05, 3.63) is 30.1 Å². The Morgan fingerprint density at radius 3 is 2.74 bits per heavy atom. The quantitative estimate of drug-likeness (QED) is 0.473. The van der Waals surface area contributed by atoms with Crippen molar-refractivity contribution in [2.45, 2.75) is 31.6 Å². The summed E-state index contributed by atoms with van der Waals surface area (Å²) in [5, 5.41) is 3.92. The lowest BCUT2D eigenvalue weighted by atomic mass is 10.1. The first-order valence-electron chi connectivity index (χ1n) is 6.36. The lowest BCUT2D eigenvalue weighted by molar-refractivity contribution is -0.118. The molecule has 0 spiro atoms. The van der Waals surface area contributed by atoms with E-state index in [-0.39, 0.29) is 17.5 Å². The monoisotopic (exact) mass is 282 g/mol. The summed E-state index contributed by atoms with van der Waals surface area (Å²) < 4.78 is 13.3. The Morgan fingerprint density at radius 2 is 2.11 bits per heavy atom. The highest BCUT2D eigenvalue weighted by atomic mass is 32.2. The van der Waals surface area contributed by atoms with E-state index in [1.165, 1.54) is 6.07 Å². The largest absolute Gasteiger partial charge is 0.272 e. The van der Waals surface area contributed by atoms with E-state index >= 15 is 0 Å². The molecule has 0 aromatic heterocycles. The van der Waals surface area contributed by atoms with Gasteiger partial charge in [0.2, 0.25) is 5.91 Å². The van der Waals surface area contributed by atoms with Gasteiger partial charge < -0.3 is 0 Å². The van der Waals surface area contributed by atoms with Crippen molar-refractivity contribution in [3.63, 3.8) is 0 Å². The summed E-state index contributed by atoms with van der Waals surface area (Å²) in [5.74, 6) is 0.0112. The minimum atomic E-state index is -0.305. The number of nitrogens with one attached hydrogen (secondary N) is 1. The minimum absolute atomic E-state index is 0.154. The van der Waals surface area contributed by atoms with E-state index < -0.39 is 0 Å². The molecule has 0 aliphatic heterocycles. The van der Waals surface area contributed by atoms with Gasteiger partial charge in [0.1, 0.15) is 5.82 Å². The van der Waals surface area contributed by atoms with Crippen molar-refractivity contribution >= 4 is 23.9 Å². The van der Waals surface area contributed by atoms with E-state index in [1.807, 2.05) is 0 Å². The molecule has 1 rings (SSSR count). The molecular formula is C14H19FN2OS. The first-order chi connectivity index (χ1) is 9.17. The number of hydrazone groups is 1. The van der Waals surface area contributed by atoms with Crippen LogP contribution in [-0.4, -0.2) is 17.9 Å². The van der Waals surface area contributed by atoms with Crippen LogP contribution in [0.25, 0.3) is 0 Å². The number of nitrogens with zero attached hydrogens (tertiary/aromatic N) is 1. The average molecular weight is 282 g/mol. The highest BCUT2D eigenvalue weighted by Gasteiger charge is 2.05. The van der Waals surface area contributed by atoms with Gasteiger partial charge in [-0.25, -0.2) is 9.82 Å². The number of benzene rings is 1. The normalized spacial score (nSPS) is 11.2. The maximum atomic E-state index is 13.3. The third-order valence-corrected chi connectivity index (χ3v) is 3.77. The van der Waals surface area contributed by atoms with Gasteiger partial charge in [-0.05, 0) is 30.9 Å². The fourth-order valence-electron chi connectivity index (χ4n) is 1.45. The van der Waals surface area contributed by atoms with Gasteiger partial charge in [-0.3, -0.25) is 4.79 Å². The predicted molar refractivity (Wildman–Crippen MR) is 77.8 cm³/mol. The maximum absolute atomic E-state index is 13.3. The molecular weight excluding hydrogens is 263 g/mol. The van der Waals surface area contributed by atoms with Gasteiger partial charge in [0.25, 0.3) is 0 Å². The van der Waals surface area contributed by atoms with E-state index in [4.69, 9.17) is 0 Å². The summed E-state index contributed by atoms with van der Waals surface area (Å²) in [6.07, 6.45) is 3.76. The Morgan fingerprint density at radius 1 is 1.42 bits per heavy atom. The summed E-state index contributed by atoms with van der Waals surface area (Å²) in [6, 6.07) is 6.40. The molecule has 0 radical (unpaired) electrons. The van der Waals surface area contributed by atoms with Crippen LogP contribution in [0.2, 0.25) is 0 Å². The van der Waals surface area contributed by atoms with E-state index in [9.17, 15) is 9.18 Å². The van der Waals surface area contributed by atoms with Crippen molar-refractivity contribution < 1.29 is 9.18 Å². The first-order valence-corrected chi connectivity index (χ1v) is 7.35. The second-order valence-electron chi connectivity index (χ2n) is 4.11. The van der Waals surface area contributed by atoms with E-state index in [2.05, 4.69) is 24.4 Å². The van der Waals surface area contributed by atoms with E-state index in [0.29, 0.717) is 10.8 Å². The summed E-state index contributed by atoms with van der Waals surface area (Å²) in [4.78, 5) is 12.0. The van der Waals surface area contributed by atoms with Crippen molar-refractivity contribution in [1.82, 2.24) is 5.43 Å². The molecule has 0 aliphatic carbocycles. The van der Waals surface area contributed by atoms with Crippen molar-refractivity contribution in [3.8, 4) is 0 Å². The Hall–Kier alpha value is -1.36. The molecule has 0 fully saturated rings. The molecule has 0 heterocycles. The van der Waals surface area contributed by atoms with Crippen molar-refractivity contribution in [1.29, 1.82) is 0 Å². The molecule has 19 heavy (non-hydrogen) atoms. The SMILES string of the molecule is CCC(/C=N\NC(=O)CSc1ccccc1F)CC. The summed E-state index contributed by atoms with van der Waals surface area (Å²) in [5.41, 5.74) is 2.46. The highest BCUT2D eigenvalue weighted by molar-refractivity contribution is 8.00. The maximum Gasteiger partial charge on any atom is 0.250 e. The molecule has 0 atom stereocenters. The summed E-state index contributed by atoms with van der Waals surface area (Å²) in [6.45, 7) is 4.16. The Kier molecular flexibility index (Phi) is 7.18. The zero-order chi connectivity index (χ0) is 14.1. The second kappa shape index (κ2) is 8.69. The Balaban J connectivity index is 2.34. The molecule has 0 saturated carbocycles. The lowest BCUT2D eigenvalue weighted by Gasteiger charge is -2.05. The number of hydrogen-bond acceptors (Lipinski definition) is 3. The Bertz CT molecular complexity index is 433. The second-order valence-corrected chi connectivity index (χ2v) is 5.13. The molecule has 0 unspecified atom stereocenters. The van der Waals surface area contributed by atoms with Crippen LogP contribution < -0.4 is 5.43 Å². The van der Waals surface area contributed by atoms with Crippen LogP contribution in [0.1, 0.15) is 26.7 Å². The van der Waals surface area contributed by atoms with Gasteiger partial charge in [0.05, 0.1) is 5.75 Å². The summed E-state index contributed by atoms with van der Waals surface area (Å²) >= 11 is 1.16. The number of thioether (sulfide) groups is 1. The molecule has 1 aromatic rings. The average Bonchev–Trinajstić information content (AvgIpc) is 2.43. The zero-order valence-electron chi connectivity index (χ0n) is 11.2. The molecule has 1 amide bonds. The molecule has 0 aliphatic rings. The van der Waals surface area contributed by atoms with Gasteiger partial charge in [0.15, 0.2) is 0 Å². The fourth-order valence-corrected chi connectivity index (χ4v) is 2.18. The van der Waals surface area contributed by atoms with Gasteiger partial charge in [0, 0.05) is 11.1 Å². The molecule has 3 nitrogen and oxygen atoms in total. The van der Waals surface area contributed by atoms with Crippen LogP contribution >= 0.6 is 11.8 Å². The van der Waals surface area contributed by atoms with Crippen LogP contribution in [0.3, 0.4) is 0 Å². The van der Waals surface area contributed by atoms with Gasteiger partial charge >= 0.3 is 0 Å². The third kappa shape index (κ3) is 5.87. The Labute approximate surface area is 117 Å². The standard InChI is InChI=1S/C14H19FN2OS/c1-3-11(4-2)9-16-17-14(18)10-19-13-8-6-5-7-12(13)15/h5-9,11H,3-4,10H2,1-2H3,(H,17,18)/b16-9-.